The average Bonchev–Trinajstić information content (AvgIpc) is 3.17. The quantitative estimate of drug-likeness (QED) is 0.510. The van der Waals surface area contributed by atoms with E-state index in [2.05, 4.69) is 30.7 Å². The van der Waals surface area contributed by atoms with Gasteiger partial charge in [-0.15, -0.1) is 0 Å². The van der Waals surface area contributed by atoms with Crippen LogP contribution in [-0.2, 0) is 18.3 Å². The fourth-order valence-corrected chi connectivity index (χ4v) is 5.21. The molecule has 2 aromatic heterocycles. The molecule has 0 spiro atoms. The van der Waals surface area contributed by atoms with Crippen LogP contribution >= 0.6 is 0 Å². The number of hydrogen-bond acceptors (Lipinski definition) is 4. The molecule has 3 aromatic rings. The van der Waals surface area contributed by atoms with Crippen molar-refractivity contribution in [1.29, 1.82) is 5.26 Å². The van der Waals surface area contributed by atoms with E-state index < -0.39 is 0 Å². The van der Waals surface area contributed by atoms with E-state index >= 15 is 0 Å². The second-order valence-corrected chi connectivity index (χ2v) is 9.85. The standard InChI is InChI=1S/C28H32N4O2/c1-17(2)28(34)32-10-9-21(11-18(32)3)24-16-31(5)27-26(24)19(4)23(15-30-27)13-25(33)22-8-6-7-20(12-22)14-29/h6-8,12,15-18,21H,9-11,13H2,1-5H3/t18-,21+/m0/s1. The second kappa shape index (κ2) is 9.42. The molecule has 6 heteroatoms. The third-order valence-electron chi connectivity index (χ3n) is 7.14. The molecule has 1 amide bonds. The van der Waals surface area contributed by atoms with Gasteiger partial charge in [0.05, 0.1) is 11.6 Å². The van der Waals surface area contributed by atoms with E-state index in [0.29, 0.717) is 17.0 Å². The zero-order chi connectivity index (χ0) is 24.6. The molecule has 1 saturated heterocycles. The van der Waals surface area contributed by atoms with E-state index in [1.807, 2.05) is 25.8 Å². The summed E-state index contributed by atoms with van der Waals surface area (Å²) in [7, 11) is 2.01. The van der Waals surface area contributed by atoms with Gasteiger partial charge in [-0.05, 0) is 61.4 Å². The number of rotatable bonds is 5. The van der Waals surface area contributed by atoms with Gasteiger partial charge in [0.2, 0.25) is 5.91 Å². The van der Waals surface area contributed by atoms with Gasteiger partial charge in [-0.1, -0.05) is 26.0 Å². The van der Waals surface area contributed by atoms with Crippen LogP contribution in [0.5, 0.6) is 0 Å². The van der Waals surface area contributed by atoms with Crippen LogP contribution in [0.25, 0.3) is 11.0 Å². The summed E-state index contributed by atoms with van der Waals surface area (Å²) in [6.45, 7) is 8.89. The Balaban J connectivity index is 1.64. The SMILES string of the molecule is Cc1c(CC(=O)c2cccc(C#N)c2)cnc2c1c([C@@H]1CCN(C(=O)C(C)C)[C@@H](C)C1)cn2C. The van der Waals surface area contributed by atoms with Crippen LogP contribution in [0.4, 0.5) is 0 Å². The van der Waals surface area contributed by atoms with Gasteiger partial charge in [-0.2, -0.15) is 5.26 Å². The predicted molar refractivity (Wildman–Crippen MR) is 133 cm³/mol. The van der Waals surface area contributed by atoms with E-state index in [0.717, 1.165) is 41.5 Å². The lowest BCUT2D eigenvalue weighted by Gasteiger charge is -2.38. The number of aromatic nitrogens is 2. The van der Waals surface area contributed by atoms with Crippen LogP contribution in [0.15, 0.2) is 36.7 Å². The Morgan fingerprint density at radius 1 is 1.29 bits per heavy atom. The largest absolute Gasteiger partial charge is 0.340 e. The summed E-state index contributed by atoms with van der Waals surface area (Å²) < 4.78 is 2.07. The Bertz CT molecular complexity index is 1300. The number of benzene rings is 1. The first-order valence-electron chi connectivity index (χ1n) is 12.0. The maximum absolute atomic E-state index is 13.0. The zero-order valence-electron chi connectivity index (χ0n) is 20.6. The zero-order valence-corrected chi connectivity index (χ0v) is 20.6. The number of piperidine rings is 1. The van der Waals surface area contributed by atoms with Crippen LogP contribution in [0, 0.1) is 24.2 Å². The van der Waals surface area contributed by atoms with E-state index in [1.54, 1.807) is 30.5 Å². The maximum Gasteiger partial charge on any atom is 0.225 e. The molecule has 0 N–H and O–H groups in total. The van der Waals surface area contributed by atoms with Crippen LogP contribution in [0.3, 0.4) is 0 Å². The van der Waals surface area contributed by atoms with E-state index in [-0.39, 0.29) is 30.1 Å². The van der Waals surface area contributed by atoms with Crippen molar-refractivity contribution < 1.29 is 9.59 Å². The second-order valence-electron chi connectivity index (χ2n) is 9.85. The third-order valence-corrected chi connectivity index (χ3v) is 7.14. The molecule has 0 saturated carbocycles. The summed E-state index contributed by atoms with van der Waals surface area (Å²) in [5.41, 5.74) is 5.20. The predicted octanol–water partition coefficient (Wildman–Crippen LogP) is 4.93. The maximum atomic E-state index is 13.0. The number of fused-ring (bicyclic) bond motifs is 1. The number of pyridine rings is 1. The van der Waals surface area contributed by atoms with Crippen molar-refractivity contribution in [3.63, 3.8) is 0 Å². The fourth-order valence-electron chi connectivity index (χ4n) is 5.21. The molecular weight excluding hydrogens is 424 g/mol. The van der Waals surface area contributed by atoms with Crippen LogP contribution in [-0.4, -0.2) is 38.7 Å². The minimum atomic E-state index is -0.0204. The molecule has 4 rings (SSSR count). The monoisotopic (exact) mass is 456 g/mol. The van der Waals surface area contributed by atoms with Crippen molar-refractivity contribution >= 4 is 22.7 Å². The minimum Gasteiger partial charge on any atom is -0.340 e. The Kier molecular flexibility index (Phi) is 6.56. The van der Waals surface area contributed by atoms with E-state index in [1.165, 1.54) is 5.56 Å². The highest BCUT2D eigenvalue weighted by Gasteiger charge is 2.32. The molecule has 2 atom stereocenters. The first kappa shape index (κ1) is 23.7. The molecule has 1 aliphatic rings. The lowest BCUT2D eigenvalue weighted by molar-refractivity contribution is -0.138. The number of likely N-dealkylation sites (tertiary alicyclic amines) is 1. The summed E-state index contributed by atoms with van der Waals surface area (Å²) in [5.74, 6) is 0.557. The minimum absolute atomic E-state index is 0.0111. The van der Waals surface area contributed by atoms with Gasteiger partial charge in [0.25, 0.3) is 0 Å². The number of nitriles is 1. The summed E-state index contributed by atoms with van der Waals surface area (Å²) in [4.78, 5) is 32.3. The van der Waals surface area contributed by atoms with E-state index in [4.69, 9.17) is 10.2 Å². The topological polar surface area (TPSA) is 79.0 Å². The number of aryl methyl sites for hydroxylation is 2. The number of carbonyl (C=O) groups excluding carboxylic acids is 2. The lowest BCUT2D eigenvalue weighted by Crippen LogP contribution is -2.45. The van der Waals surface area contributed by atoms with Gasteiger partial charge >= 0.3 is 0 Å². The van der Waals surface area contributed by atoms with Crippen molar-refractivity contribution in [2.45, 2.75) is 58.9 Å². The molecule has 0 aliphatic carbocycles. The van der Waals surface area contributed by atoms with Crippen molar-refractivity contribution in [3.8, 4) is 6.07 Å². The number of Topliss-reactive ketones (excluding diaryl/α,β-unsaturated/α-hetero) is 1. The molecule has 0 radical (unpaired) electrons. The normalized spacial score (nSPS) is 18.3. The molecular formula is C28H32N4O2. The molecule has 1 aromatic carbocycles. The first-order valence-corrected chi connectivity index (χ1v) is 12.0. The highest BCUT2D eigenvalue weighted by Crippen LogP contribution is 2.38. The Hall–Kier alpha value is -3.46. The average molecular weight is 457 g/mol. The summed E-state index contributed by atoms with van der Waals surface area (Å²) in [6, 6.07) is 9.13. The number of nitrogens with zero attached hydrogens (tertiary/aromatic N) is 4. The van der Waals surface area contributed by atoms with Crippen LogP contribution in [0.2, 0.25) is 0 Å². The first-order chi connectivity index (χ1) is 16.2. The molecule has 34 heavy (non-hydrogen) atoms. The van der Waals surface area contributed by atoms with Gasteiger partial charge in [0.1, 0.15) is 5.65 Å². The smallest absolute Gasteiger partial charge is 0.225 e. The molecule has 6 nitrogen and oxygen atoms in total. The molecule has 0 bridgehead atoms. The van der Waals surface area contributed by atoms with Gasteiger partial charge in [-0.25, -0.2) is 4.98 Å². The van der Waals surface area contributed by atoms with Crippen molar-refractivity contribution in [3.05, 3.63) is 64.5 Å². The van der Waals surface area contributed by atoms with Crippen molar-refractivity contribution in [2.75, 3.05) is 6.54 Å². The molecule has 1 fully saturated rings. The number of amides is 1. The van der Waals surface area contributed by atoms with Gasteiger partial charge in [0, 0.05) is 55.3 Å². The molecule has 0 unspecified atom stereocenters. The van der Waals surface area contributed by atoms with E-state index in [9.17, 15) is 9.59 Å². The lowest BCUT2D eigenvalue weighted by atomic mass is 9.84. The Morgan fingerprint density at radius 3 is 2.74 bits per heavy atom. The van der Waals surface area contributed by atoms with Crippen molar-refractivity contribution in [2.24, 2.45) is 13.0 Å². The van der Waals surface area contributed by atoms with Crippen molar-refractivity contribution in [1.82, 2.24) is 14.5 Å². The molecule has 3 heterocycles. The summed E-state index contributed by atoms with van der Waals surface area (Å²) in [6.07, 6.45) is 6.06. The third kappa shape index (κ3) is 4.35. The van der Waals surface area contributed by atoms with Gasteiger partial charge < -0.3 is 9.47 Å². The number of hydrogen-bond donors (Lipinski definition) is 0. The summed E-state index contributed by atoms with van der Waals surface area (Å²) in [5, 5.41) is 10.3. The van der Waals surface area contributed by atoms with Crippen LogP contribution in [0.1, 0.15) is 72.1 Å². The highest BCUT2D eigenvalue weighted by atomic mass is 16.2. The number of carbonyl (C=O) groups is 2. The number of ketones is 1. The van der Waals surface area contributed by atoms with Gasteiger partial charge in [0.15, 0.2) is 5.78 Å². The summed E-state index contributed by atoms with van der Waals surface area (Å²) >= 11 is 0. The Labute approximate surface area is 201 Å². The fraction of sp³-hybridized carbons (Fsp3) is 0.429. The molecule has 1 aliphatic heterocycles. The highest BCUT2D eigenvalue weighted by molar-refractivity contribution is 5.98. The van der Waals surface area contributed by atoms with Gasteiger partial charge in [-0.3, -0.25) is 9.59 Å². The molecule has 176 valence electrons. The Morgan fingerprint density at radius 2 is 2.06 bits per heavy atom. The van der Waals surface area contributed by atoms with Crippen LogP contribution < -0.4 is 0 Å².